The van der Waals surface area contributed by atoms with Crippen LogP contribution in [0, 0.1) is 12.8 Å². The van der Waals surface area contributed by atoms with Crippen molar-refractivity contribution in [2.45, 2.75) is 19.8 Å². The first kappa shape index (κ1) is 21.0. The third-order valence-corrected chi connectivity index (χ3v) is 6.06. The number of aliphatic carboxylic acids is 1. The molecule has 1 aromatic carbocycles. The molecule has 9 nitrogen and oxygen atoms in total. The van der Waals surface area contributed by atoms with Crippen LogP contribution < -0.4 is 26.2 Å². The zero-order valence-corrected chi connectivity index (χ0v) is 18.2. The largest absolute Gasteiger partial charge is 0.481 e. The summed E-state index contributed by atoms with van der Waals surface area (Å²) in [4.78, 5) is 41.9. The Labute approximate surface area is 180 Å². The first-order chi connectivity index (χ1) is 14.7. The van der Waals surface area contributed by atoms with Crippen molar-refractivity contribution in [1.82, 2.24) is 14.9 Å². The number of H-pyrrole nitrogens is 1. The van der Waals surface area contributed by atoms with Crippen LogP contribution in [-0.2, 0) is 4.79 Å². The first-order valence-electron chi connectivity index (χ1n) is 10.5. The first-order valence-corrected chi connectivity index (χ1v) is 10.5. The topological polar surface area (TPSA) is 105 Å². The molecule has 2 aliphatic heterocycles. The van der Waals surface area contributed by atoms with Crippen LogP contribution >= 0.6 is 0 Å². The number of benzene rings is 1. The summed E-state index contributed by atoms with van der Waals surface area (Å²) in [7, 11) is 3.99. The average Bonchev–Trinajstić information content (AvgIpc) is 2.71. The number of carboxylic acid groups (broad SMARTS) is 1. The number of aryl methyl sites for hydroxylation is 1. The molecule has 2 aliphatic rings. The maximum atomic E-state index is 12.6. The van der Waals surface area contributed by atoms with E-state index >= 15 is 0 Å². The van der Waals surface area contributed by atoms with Gasteiger partial charge >= 0.3 is 5.97 Å². The number of nitrogens with zero attached hydrogens (tertiary/aromatic N) is 5. The number of aromatic nitrogens is 2. The molecule has 2 N–H and O–H groups in total. The summed E-state index contributed by atoms with van der Waals surface area (Å²) < 4.78 is 0. The number of fused-ring (bicyclic) bond motifs is 2. The third kappa shape index (κ3) is 4.05. The molecule has 0 aliphatic carbocycles. The van der Waals surface area contributed by atoms with Gasteiger partial charge in [-0.3, -0.25) is 9.59 Å². The second-order valence-electron chi connectivity index (χ2n) is 8.42. The summed E-state index contributed by atoms with van der Waals surface area (Å²) in [6.45, 7) is 8.67. The molecule has 9 heteroatoms. The van der Waals surface area contributed by atoms with Crippen LogP contribution in [0.4, 0.5) is 22.9 Å². The molecular weight excluding hydrogens is 396 g/mol. The molecule has 31 heavy (non-hydrogen) atoms. The van der Waals surface area contributed by atoms with E-state index in [1.807, 2.05) is 32.0 Å². The van der Waals surface area contributed by atoms with Gasteiger partial charge in [0.2, 0.25) is 0 Å². The number of piperidine rings is 1. The van der Waals surface area contributed by atoms with Crippen LogP contribution in [0.25, 0.3) is 6.58 Å². The molecule has 3 heterocycles. The van der Waals surface area contributed by atoms with Crippen molar-refractivity contribution in [3.05, 3.63) is 38.9 Å². The zero-order chi connectivity index (χ0) is 22.3. The Balaban J connectivity index is 1.69. The molecule has 0 radical (unpaired) electrons. The predicted octanol–water partition coefficient (Wildman–Crippen LogP) is 0.754. The molecule has 0 spiro atoms. The van der Waals surface area contributed by atoms with E-state index in [-0.39, 0.29) is 11.5 Å². The van der Waals surface area contributed by atoms with Gasteiger partial charge in [-0.15, -0.1) is 0 Å². The number of likely N-dealkylation sites (tertiary alicyclic amines) is 1. The van der Waals surface area contributed by atoms with E-state index in [4.69, 9.17) is 0 Å². The Morgan fingerprint density at radius 1 is 1.29 bits per heavy atom. The maximum Gasteiger partial charge on any atom is 0.306 e. The molecule has 0 saturated carbocycles. The van der Waals surface area contributed by atoms with Gasteiger partial charge in [-0.25, -0.2) is 9.98 Å². The van der Waals surface area contributed by atoms with Gasteiger partial charge in [-0.05, 0) is 50.6 Å². The van der Waals surface area contributed by atoms with E-state index in [2.05, 4.69) is 37.4 Å². The third-order valence-electron chi connectivity index (χ3n) is 6.06. The highest BCUT2D eigenvalue weighted by Crippen LogP contribution is 2.39. The van der Waals surface area contributed by atoms with Gasteiger partial charge in [-0.1, -0.05) is 6.58 Å². The molecule has 0 atom stereocenters. The molecule has 0 unspecified atom stereocenters. The lowest BCUT2D eigenvalue weighted by atomic mass is 9.97. The van der Waals surface area contributed by atoms with Crippen molar-refractivity contribution in [3.63, 3.8) is 0 Å². The highest BCUT2D eigenvalue weighted by molar-refractivity contribution is 5.80. The fraction of sp³-hybridized carbons (Fsp3) is 0.455. The highest BCUT2D eigenvalue weighted by atomic mass is 16.4. The van der Waals surface area contributed by atoms with Crippen LogP contribution in [0.15, 0.2) is 21.9 Å². The Morgan fingerprint density at radius 2 is 2.00 bits per heavy atom. The summed E-state index contributed by atoms with van der Waals surface area (Å²) in [5.74, 6) is -0.459. The van der Waals surface area contributed by atoms with Crippen molar-refractivity contribution in [2.75, 3.05) is 50.1 Å². The number of aromatic amines is 1. The lowest BCUT2D eigenvalue weighted by Crippen LogP contribution is -2.45. The van der Waals surface area contributed by atoms with E-state index in [1.165, 1.54) is 0 Å². The van der Waals surface area contributed by atoms with E-state index in [0.717, 1.165) is 42.3 Å². The predicted molar refractivity (Wildman–Crippen MR) is 120 cm³/mol. The number of rotatable bonds is 5. The van der Waals surface area contributed by atoms with Crippen LogP contribution in [0.5, 0.6) is 0 Å². The standard InChI is InChI=1S/C22H28N6O3/c1-13-11-16-18(12-17(13)26(3)4)28(20-19(25-16)21(29)24-14(2)23-20)10-9-27-7-5-15(6-8-27)22(30)31/h11-12,15H,2,5-10H2,1,3-4H3,(H,24,29)(H,30,31). The smallest absolute Gasteiger partial charge is 0.306 e. The molecule has 2 aromatic rings. The number of hydrogen-bond acceptors (Lipinski definition) is 7. The Morgan fingerprint density at radius 3 is 2.65 bits per heavy atom. The van der Waals surface area contributed by atoms with Gasteiger partial charge < -0.3 is 24.8 Å². The molecule has 1 aromatic heterocycles. The Bertz CT molecular complexity index is 1180. The molecule has 0 bridgehead atoms. The van der Waals surface area contributed by atoms with Gasteiger partial charge in [0.05, 0.1) is 17.3 Å². The van der Waals surface area contributed by atoms with E-state index in [9.17, 15) is 14.7 Å². The van der Waals surface area contributed by atoms with Gasteiger partial charge in [0.25, 0.3) is 5.56 Å². The van der Waals surface area contributed by atoms with Crippen LogP contribution in [0.1, 0.15) is 18.4 Å². The Hall–Kier alpha value is -3.20. The van der Waals surface area contributed by atoms with Crippen molar-refractivity contribution >= 4 is 35.4 Å². The van der Waals surface area contributed by atoms with Crippen LogP contribution in [0.3, 0.4) is 0 Å². The number of hydrogen-bond donors (Lipinski definition) is 2. The van der Waals surface area contributed by atoms with Crippen molar-refractivity contribution in [2.24, 2.45) is 10.9 Å². The highest BCUT2D eigenvalue weighted by Gasteiger charge is 2.27. The van der Waals surface area contributed by atoms with Gasteiger partial charge in [-0.2, -0.15) is 0 Å². The minimum Gasteiger partial charge on any atom is -0.481 e. The maximum absolute atomic E-state index is 12.6. The summed E-state index contributed by atoms with van der Waals surface area (Å²) in [6.07, 6.45) is 1.31. The minimum atomic E-state index is -0.710. The number of nitrogens with one attached hydrogen (secondary N) is 1. The van der Waals surface area contributed by atoms with Crippen molar-refractivity contribution in [1.29, 1.82) is 0 Å². The van der Waals surface area contributed by atoms with E-state index < -0.39 is 5.97 Å². The molecular formula is C22H28N6O3. The number of carboxylic acids is 1. The summed E-state index contributed by atoms with van der Waals surface area (Å²) in [5, 5.41) is 9.53. The second-order valence-corrected chi connectivity index (χ2v) is 8.42. The van der Waals surface area contributed by atoms with Gasteiger partial charge in [0.1, 0.15) is 5.48 Å². The summed E-state index contributed by atoms with van der Waals surface area (Å²) >= 11 is 0. The van der Waals surface area contributed by atoms with Gasteiger partial charge in [0.15, 0.2) is 11.2 Å². The average molecular weight is 425 g/mol. The molecule has 1 saturated heterocycles. The number of carbonyl (C=O) groups is 1. The lowest BCUT2D eigenvalue weighted by molar-refractivity contribution is -0.143. The quantitative estimate of drug-likeness (QED) is 0.730. The SMILES string of the molecule is C=c1nc2c(c(=O)[nH]1)=Nc1cc(C)c(N(C)C)cc1N2CCN1CCC(C(=O)O)CC1. The minimum absolute atomic E-state index is 0.258. The summed E-state index contributed by atoms with van der Waals surface area (Å²) in [5.41, 5.74) is 3.79. The van der Waals surface area contributed by atoms with Crippen LogP contribution in [-0.4, -0.2) is 66.2 Å². The van der Waals surface area contributed by atoms with Gasteiger partial charge in [0, 0.05) is 32.9 Å². The lowest BCUT2D eigenvalue weighted by Gasteiger charge is -2.34. The number of anilines is 3. The second kappa shape index (κ2) is 8.14. The van der Waals surface area contributed by atoms with Crippen LogP contribution in [0.2, 0.25) is 0 Å². The molecule has 4 rings (SSSR count). The van der Waals surface area contributed by atoms with E-state index in [0.29, 0.717) is 36.0 Å². The van der Waals surface area contributed by atoms with Crippen molar-refractivity contribution < 1.29 is 9.90 Å². The molecule has 0 amide bonds. The fourth-order valence-corrected chi connectivity index (χ4v) is 4.35. The van der Waals surface area contributed by atoms with Crippen molar-refractivity contribution in [3.8, 4) is 0 Å². The summed E-state index contributed by atoms with van der Waals surface area (Å²) in [6, 6.07) is 4.08. The zero-order valence-electron chi connectivity index (χ0n) is 18.2. The molecule has 164 valence electrons. The Kier molecular flexibility index (Phi) is 5.53. The fourth-order valence-electron chi connectivity index (χ4n) is 4.35. The normalized spacial score (nSPS) is 16.4. The molecule has 1 fully saturated rings. The monoisotopic (exact) mass is 424 g/mol. The van der Waals surface area contributed by atoms with E-state index in [1.54, 1.807) is 0 Å².